The zero-order chi connectivity index (χ0) is 12.5. The van der Waals surface area contributed by atoms with E-state index in [1.807, 2.05) is 36.2 Å². The quantitative estimate of drug-likeness (QED) is 0.875. The Balaban J connectivity index is 0.00000133. The van der Waals surface area contributed by atoms with Gasteiger partial charge in [0.05, 0.1) is 5.52 Å². The summed E-state index contributed by atoms with van der Waals surface area (Å²) >= 11 is 0. The van der Waals surface area contributed by atoms with E-state index in [1.54, 1.807) is 0 Å². The van der Waals surface area contributed by atoms with Crippen LogP contribution in [-0.4, -0.2) is 47.2 Å². The molecule has 1 aromatic carbocycles. The van der Waals surface area contributed by atoms with Crippen LogP contribution in [0.25, 0.3) is 10.9 Å². The van der Waals surface area contributed by atoms with Crippen LogP contribution < -0.4 is 5.32 Å². The summed E-state index contributed by atoms with van der Waals surface area (Å²) in [5, 5.41) is 11.2. The Kier molecular flexibility index (Phi) is 4.07. The summed E-state index contributed by atoms with van der Waals surface area (Å²) in [6.07, 6.45) is 1.00. The molecule has 0 aliphatic carbocycles. The van der Waals surface area contributed by atoms with Crippen LogP contribution >= 0.6 is 12.4 Å². The normalized spacial score (nSPS) is 18.6. The molecule has 1 aliphatic rings. The minimum Gasteiger partial charge on any atom is -0.336 e. The maximum absolute atomic E-state index is 12.4. The lowest BCUT2D eigenvalue weighted by molar-refractivity contribution is 0.0786. The first-order valence-corrected chi connectivity index (χ1v) is 6.19. The molecule has 19 heavy (non-hydrogen) atoms. The molecule has 2 N–H and O–H groups in total. The number of amides is 1. The van der Waals surface area contributed by atoms with E-state index in [9.17, 15) is 4.79 Å². The van der Waals surface area contributed by atoms with Gasteiger partial charge in [-0.25, -0.2) is 0 Å². The van der Waals surface area contributed by atoms with Gasteiger partial charge in [0, 0.05) is 24.5 Å². The second kappa shape index (κ2) is 5.59. The Hall–Kier alpha value is -1.59. The van der Waals surface area contributed by atoms with E-state index < -0.39 is 0 Å². The van der Waals surface area contributed by atoms with Gasteiger partial charge in [0.25, 0.3) is 5.91 Å². The van der Waals surface area contributed by atoms with Gasteiger partial charge in [-0.3, -0.25) is 9.89 Å². The molecule has 0 radical (unpaired) electrons. The average Bonchev–Trinajstić information content (AvgIpc) is 3.04. The van der Waals surface area contributed by atoms with Crippen molar-refractivity contribution in [3.8, 4) is 0 Å². The van der Waals surface area contributed by atoms with Crippen molar-refractivity contribution in [1.82, 2.24) is 20.4 Å². The number of hydrogen-bond acceptors (Lipinski definition) is 3. The van der Waals surface area contributed by atoms with Gasteiger partial charge in [0.1, 0.15) is 0 Å². The fourth-order valence-electron chi connectivity index (χ4n) is 2.46. The lowest BCUT2D eigenvalue weighted by Crippen LogP contribution is -2.33. The van der Waals surface area contributed by atoms with Gasteiger partial charge in [-0.1, -0.05) is 18.2 Å². The van der Waals surface area contributed by atoms with Gasteiger partial charge in [0.2, 0.25) is 0 Å². The molecule has 5 nitrogen and oxygen atoms in total. The molecular formula is C13H17ClN4O. The molecular weight excluding hydrogens is 264 g/mol. The highest BCUT2D eigenvalue weighted by molar-refractivity contribution is 6.04. The summed E-state index contributed by atoms with van der Waals surface area (Å²) in [7, 11) is 1.93. The van der Waals surface area contributed by atoms with Crippen molar-refractivity contribution >= 4 is 29.2 Å². The number of hydrogen-bond donors (Lipinski definition) is 2. The number of aromatic nitrogens is 2. The third-order valence-corrected chi connectivity index (χ3v) is 3.56. The monoisotopic (exact) mass is 280 g/mol. The molecule has 0 bridgehead atoms. The second-order valence-corrected chi connectivity index (χ2v) is 4.64. The number of benzene rings is 1. The predicted molar refractivity (Wildman–Crippen MR) is 76.7 cm³/mol. The number of para-hydroxylation sites is 1. The number of rotatable bonds is 2. The highest BCUT2D eigenvalue weighted by Gasteiger charge is 2.28. The van der Waals surface area contributed by atoms with Crippen LogP contribution in [0.4, 0.5) is 0 Å². The van der Waals surface area contributed by atoms with E-state index in [-0.39, 0.29) is 18.3 Å². The molecule has 6 heteroatoms. The molecule has 0 spiro atoms. The maximum atomic E-state index is 12.4. The molecule has 1 amide bonds. The summed E-state index contributed by atoms with van der Waals surface area (Å²) in [5.74, 6) is 0.0187. The van der Waals surface area contributed by atoms with Crippen LogP contribution in [0.2, 0.25) is 0 Å². The van der Waals surface area contributed by atoms with Crippen molar-refractivity contribution in [2.45, 2.75) is 12.5 Å². The van der Waals surface area contributed by atoms with E-state index in [0.29, 0.717) is 11.7 Å². The van der Waals surface area contributed by atoms with E-state index in [4.69, 9.17) is 0 Å². The van der Waals surface area contributed by atoms with E-state index in [2.05, 4.69) is 15.5 Å². The molecule has 1 aliphatic heterocycles. The number of carbonyl (C=O) groups is 1. The van der Waals surface area contributed by atoms with Crippen molar-refractivity contribution in [2.75, 3.05) is 20.1 Å². The second-order valence-electron chi connectivity index (χ2n) is 4.64. The minimum absolute atomic E-state index is 0. The van der Waals surface area contributed by atoms with Crippen molar-refractivity contribution in [1.29, 1.82) is 0 Å². The number of fused-ring (bicyclic) bond motifs is 1. The van der Waals surface area contributed by atoms with E-state index in [0.717, 1.165) is 30.4 Å². The topological polar surface area (TPSA) is 61.0 Å². The number of nitrogens with one attached hydrogen (secondary N) is 2. The van der Waals surface area contributed by atoms with Crippen molar-refractivity contribution in [3.05, 3.63) is 30.0 Å². The Labute approximate surface area is 117 Å². The first kappa shape index (κ1) is 13.8. The van der Waals surface area contributed by atoms with Crippen LogP contribution in [0, 0.1) is 0 Å². The van der Waals surface area contributed by atoms with Gasteiger partial charge in [-0.05, 0) is 19.5 Å². The zero-order valence-electron chi connectivity index (χ0n) is 10.7. The fourth-order valence-corrected chi connectivity index (χ4v) is 2.46. The van der Waals surface area contributed by atoms with Crippen molar-refractivity contribution in [2.24, 2.45) is 0 Å². The number of halogens is 1. The Bertz CT molecular complexity index is 583. The van der Waals surface area contributed by atoms with Crippen molar-refractivity contribution < 1.29 is 4.79 Å². The standard InChI is InChI=1S/C13H16N4O.ClH/c1-14-9-6-7-17(8-9)13(18)12-10-4-2-3-5-11(10)15-16-12;/h2-5,9,14H,6-8H2,1H3,(H,15,16);1H. The number of likely N-dealkylation sites (tertiary alicyclic amines) is 1. The highest BCUT2D eigenvalue weighted by atomic mass is 35.5. The van der Waals surface area contributed by atoms with Crippen LogP contribution in [-0.2, 0) is 0 Å². The number of carbonyl (C=O) groups excluding carboxylic acids is 1. The third-order valence-electron chi connectivity index (χ3n) is 3.56. The summed E-state index contributed by atoms with van der Waals surface area (Å²) in [6.45, 7) is 1.56. The Morgan fingerprint density at radius 2 is 2.26 bits per heavy atom. The highest BCUT2D eigenvalue weighted by Crippen LogP contribution is 2.19. The molecule has 1 aromatic heterocycles. The number of H-pyrrole nitrogens is 1. The summed E-state index contributed by atoms with van der Waals surface area (Å²) in [6, 6.07) is 8.12. The largest absolute Gasteiger partial charge is 0.336 e. The molecule has 102 valence electrons. The molecule has 2 aromatic rings. The number of aromatic amines is 1. The van der Waals surface area contributed by atoms with Gasteiger partial charge in [-0.2, -0.15) is 5.10 Å². The van der Waals surface area contributed by atoms with Gasteiger partial charge >= 0.3 is 0 Å². The van der Waals surface area contributed by atoms with E-state index >= 15 is 0 Å². The van der Waals surface area contributed by atoms with Gasteiger partial charge < -0.3 is 10.2 Å². The zero-order valence-corrected chi connectivity index (χ0v) is 11.5. The lowest BCUT2D eigenvalue weighted by atomic mass is 10.2. The minimum atomic E-state index is 0. The molecule has 1 unspecified atom stereocenters. The molecule has 0 saturated carbocycles. The Morgan fingerprint density at radius 1 is 1.47 bits per heavy atom. The molecule has 2 heterocycles. The molecule has 3 rings (SSSR count). The Morgan fingerprint density at radius 3 is 3.00 bits per heavy atom. The maximum Gasteiger partial charge on any atom is 0.275 e. The fraction of sp³-hybridized carbons (Fsp3) is 0.385. The van der Waals surface area contributed by atoms with Crippen molar-refractivity contribution in [3.63, 3.8) is 0 Å². The van der Waals surface area contributed by atoms with Crippen LogP contribution in [0.5, 0.6) is 0 Å². The number of nitrogens with zero attached hydrogens (tertiary/aromatic N) is 2. The van der Waals surface area contributed by atoms with E-state index in [1.165, 1.54) is 0 Å². The van der Waals surface area contributed by atoms with Crippen LogP contribution in [0.15, 0.2) is 24.3 Å². The molecule has 1 atom stereocenters. The smallest absolute Gasteiger partial charge is 0.275 e. The number of likely N-dealkylation sites (N-methyl/N-ethyl adjacent to an activating group) is 1. The SMILES string of the molecule is CNC1CCN(C(=O)c2n[nH]c3ccccc23)C1.Cl. The molecule has 1 fully saturated rings. The van der Waals surface area contributed by atoms with Crippen LogP contribution in [0.3, 0.4) is 0 Å². The van der Waals surface area contributed by atoms with Gasteiger partial charge in [-0.15, -0.1) is 12.4 Å². The molecule has 1 saturated heterocycles. The third kappa shape index (κ3) is 2.43. The summed E-state index contributed by atoms with van der Waals surface area (Å²) in [4.78, 5) is 14.3. The first-order valence-electron chi connectivity index (χ1n) is 6.19. The lowest BCUT2D eigenvalue weighted by Gasteiger charge is -2.15. The van der Waals surface area contributed by atoms with Crippen LogP contribution in [0.1, 0.15) is 16.9 Å². The first-order chi connectivity index (χ1) is 8.79. The summed E-state index contributed by atoms with van der Waals surface area (Å²) < 4.78 is 0. The summed E-state index contributed by atoms with van der Waals surface area (Å²) in [5.41, 5.74) is 1.44. The predicted octanol–water partition coefficient (Wildman–Crippen LogP) is 1.42. The van der Waals surface area contributed by atoms with Gasteiger partial charge in [0.15, 0.2) is 5.69 Å². The average molecular weight is 281 g/mol.